The van der Waals surface area contributed by atoms with Crippen LogP contribution in [-0.4, -0.2) is 31.5 Å². The van der Waals surface area contributed by atoms with E-state index in [1.807, 2.05) is 48.5 Å². The number of Topliss-reactive ketones (excluding diaryl/α,β-unsaturated/α-hetero) is 2. The molecule has 0 atom stereocenters. The first-order valence-corrected chi connectivity index (χ1v) is 17.4. The van der Waals surface area contributed by atoms with Gasteiger partial charge in [-0.3, -0.25) is 9.59 Å². The van der Waals surface area contributed by atoms with Crippen molar-refractivity contribution >= 4 is 33.9 Å². The van der Waals surface area contributed by atoms with Crippen LogP contribution in [0.5, 0.6) is 0 Å². The average molecular weight is 675 g/mol. The lowest BCUT2D eigenvalue weighted by Crippen LogP contribution is -2.24. The van der Waals surface area contributed by atoms with Gasteiger partial charge in [-0.25, -0.2) is 0 Å². The van der Waals surface area contributed by atoms with Crippen LogP contribution in [-0.2, 0) is 9.59 Å². The Bertz CT molecular complexity index is 2870. The second-order valence-corrected chi connectivity index (χ2v) is 13.3. The van der Waals surface area contributed by atoms with Gasteiger partial charge in [0.25, 0.3) is 0 Å². The van der Waals surface area contributed by atoms with Crippen LogP contribution < -0.4 is 21.4 Å². The highest BCUT2D eigenvalue weighted by Gasteiger charge is 2.28. The molecule has 0 fully saturated rings. The van der Waals surface area contributed by atoms with Gasteiger partial charge in [0.05, 0.1) is 0 Å². The van der Waals surface area contributed by atoms with Gasteiger partial charge in [0, 0.05) is 77.6 Å². The molecule has 0 saturated heterocycles. The fourth-order valence-corrected chi connectivity index (χ4v) is 7.49. The van der Waals surface area contributed by atoms with Gasteiger partial charge < -0.3 is 19.9 Å². The van der Waals surface area contributed by atoms with E-state index in [2.05, 4.69) is 117 Å². The number of nitrogens with one attached hydrogen (secondary N) is 4. The van der Waals surface area contributed by atoms with E-state index in [-0.39, 0.29) is 0 Å². The van der Waals surface area contributed by atoms with Crippen molar-refractivity contribution in [1.82, 2.24) is 19.9 Å². The summed E-state index contributed by atoms with van der Waals surface area (Å²) in [7, 11) is 0. The van der Waals surface area contributed by atoms with Crippen LogP contribution in [0.2, 0.25) is 0 Å². The Labute approximate surface area is 299 Å². The summed E-state index contributed by atoms with van der Waals surface area (Å²) in [4.78, 5) is 41.2. The minimum Gasteiger partial charge on any atom is -0.354 e. The topological polar surface area (TPSA) is 97.3 Å². The number of hydrogen-bond acceptors (Lipinski definition) is 2. The predicted octanol–water partition coefficient (Wildman–Crippen LogP) is 5.67. The molecule has 0 saturated carbocycles. The first kappa shape index (κ1) is 31.1. The van der Waals surface area contributed by atoms with Crippen LogP contribution in [0.4, 0.5) is 0 Å². The van der Waals surface area contributed by atoms with Crippen molar-refractivity contribution in [3.63, 3.8) is 0 Å². The van der Waals surface area contributed by atoms with Gasteiger partial charge in [0.2, 0.25) is 11.6 Å². The molecule has 5 heterocycles. The molecule has 0 amide bonds. The van der Waals surface area contributed by atoms with E-state index in [1.165, 1.54) is 0 Å². The maximum absolute atomic E-state index is 13.3. The monoisotopic (exact) mass is 674 g/mol. The third kappa shape index (κ3) is 5.20. The lowest BCUT2D eigenvalue weighted by Gasteiger charge is -2.16. The molecule has 2 aliphatic rings. The third-order valence-electron chi connectivity index (χ3n) is 10.0. The fraction of sp³-hybridized carbons (Fsp3) is 0.0435. The molecule has 6 nitrogen and oxygen atoms in total. The second-order valence-electron chi connectivity index (χ2n) is 13.3. The molecule has 0 radical (unpaired) electrons. The Morgan fingerprint density at radius 2 is 0.712 bits per heavy atom. The SMILES string of the molecule is CC1=CC(/C2=c3\cc/c([nH]3)=C(\c3ccccc3)c3ccc([nH]3)/C(c3ccccc3)=c3/cc/c([nH]3)=C(\c3ccccc3)c3ccc2[nH]3)=C(C)C(=O)C1=O. The lowest BCUT2D eigenvalue weighted by atomic mass is 9.86. The Balaban J connectivity index is 1.45. The molecule has 6 heteroatoms. The van der Waals surface area contributed by atoms with Crippen LogP contribution in [0.25, 0.3) is 22.3 Å². The Hall–Kier alpha value is -6.92. The summed E-state index contributed by atoms with van der Waals surface area (Å²) in [5.41, 5.74) is 12.2. The van der Waals surface area contributed by atoms with E-state index in [1.54, 1.807) is 13.8 Å². The number of hydrogen-bond donors (Lipinski definition) is 4. The number of carbonyl (C=O) groups is 2. The molecule has 0 unspecified atom stereocenters. The molecule has 3 aromatic carbocycles. The largest absolute Gasteiger partial charge is 0.354 e. The van der Waals surface area contributed by atoms with Gasteiger partial charge >= 0.3 is 0 Å². The van der Waals surface area contributed by atoms with Gasteiger partial charge in [0.1, 0.15) is 0 Å². The molecular weight excluding hydrogens is 641 g/mol. The smallest absolute Gasteiger partial charge is 0.229 e. The number of allylic oxidation sites excluding steroid dienone is 4. The molecule has 1 aliphatic carbocycles. The number of benzene rings is 3. The van der Waals surface area contributed by atoms with E-state index >= 15 is 0 Å². The van der Waals surface area contributed by atoms with Crippen molar-refractivity contribution in [3.05, 3.63) is 223 Å². The molecule has 7 aromatic rings. The molecule has 52 heavy (non-hydrogen) atoms. The van der Waals surface area contributed by atoms with Gasteiger partial charge in [0.15, 0.2) is 0 Å². The number of H-pyrrole nitrogens is 4. The molecular formula is C46H34N4O2. The van der Waals surface area contributed by atoms with Crippen LogP contribution in [0.3, 0.4) is 0 Å². The average Bonchev–Trinajstić information content (AvgIpc) is 4.02. The predicted molar refractivity (Wildman–Crippen MR) is 205 cm³/mol. The normalized spacial score (nSPS) is 18.8. The van der Waals surface area contributed by atoms with E-state index in [0.717, 1.165) is 83.2 Å². The minimum absolute atomic E-state index is 0.416. The molecule has 8 bridgehead atoms. The Kier molecular flexibility index (Phi) is 7.44. The summed E-state index contributed by atoms with van der Waals surface area (Å²) < 4.78 is 0. The van der Waals surface area contributed by atoms with Gasteiger partial charge in [-0.15, -0.1) is 0 Å². The molecule has 1 aliphatic heterocycles. The number of rotatable bonds is 4. The maximum Gasteiger partial charge on any atom is 0.229 e. The number of ketones is 2. The molecule has 250 valence electrons. The highest BCUT2D eigenvalue weighted by molar-refractivity contribution is 6.50. The molecule has 9 rings (SSSR count). The third-order valence-corrected chi connectivity index (χ3v) is 10.0. The maximum atomic E-state index is 13.3. The van der Waals surface area contributed by atoms with E-state index in [4.69, 9.17) is 0 Å². The van der Waals surface area contributed by atoms with Gasteiger partial charge in [-0.05, 0) is 90.7 Å². The zero-order chi connectivity index (χ0) is 35.3. The van der Waals surface area contributed by atoms with Crippen LogP contribution in [0, 0.1) is 0 Å². The first-order chi connectivity index (χ1) is 25.4. The highest BCUT2D eigenvalue weighted by Crippen LogP contribution is 2.31. The van der Waals surface area contributed by atoms with E-state index in [9.17, 15) is 9.59 Å². The van der Waals surface area contributed by atoms with E-state index < -0.39 is 11.6 Å². The second kappa shape index (κ2) is 12.4. The number of fused-ring (bicyclic) bond motifs is 8. The van der Waals surface area contributed by atoms with Crippen LogP contribution in [0.1, 0.15) is 53.3 Å². The fourth-order valence-electron chi connectivity index (χ4n) is 7.49. The van der Waals surface area contributed by atoms with Crippen molar-refractivity contribution < 1.29 is 9.59 Å². The highest BCUT2D eigenvalue weighted by atomic mass is 16.2. The van der Waals surface area contributed by atoms with E-state index in [0.29, 0.717) is 16.7 Å². The number of aromatic amines is 4. The van der Waals surface area contributed by atoms with Crippen molar-refractivity contribution in [2.24, 2.45) is 0 Å². The summed E-state index contributed by atoms with van der Waals surface area (Å²) >= 11 is 0. The Morgan fingerprint density at radius 3 is 1.10 bits per heavy atom. The summed E-state index contributed by atoms with van der Waals surface area (Å²) in [6.07, 6.45) is 1.84. The van der Waals surface area contributed by atoms with Crippen LogP contribution in [0.15, 0.2) is 162 Å². The lowest BCUT2D eigenvalue weighted by molar-refractivity contribution is -0.132. The van der Waals surface area contributed by atoms with Gasteiger partial charge in [-0.2, -0.15) is 0 Å². The van der Waals surface area contributed by atoms with Crippen molar-refractivity contribution in [1.29, 1.82) is 0 Å². The summed E-state index contributed by atoms with van der Waals surface area (Å²) in [5.74, 6) is -0.949. The van der Waals surface area contributed by atoms with Crippen LogP contribution >= 0.6 is 0 Å². The van der Waals surface area contributed by atoms with Crippen molar-refractivity contribution in [2.75, 3.05) is 0 Å². The Morgan fingerprint density at radius 1 is 0.365 bits per heavy atom. The summed E-state index contributed by atoms with van der Waals surface area (Å²) in [5, 5.41) is 3.65. The molecule has 4 aromatic heterocycles. The zero-order valence-corrected chi connectivity index (χ0v) is 28.7. The minimum atomic E-state index is -0.482. The number of aromatic nitrogens is 4. The number of carbonyl (C=O) groups excluding carboxylic acids is 2. The van der Waals surface area contributed by atoms with Crippen molar-refractivity contribution in [3.8, 4) is 0 Å². The quantitative estimate of drug-likeness (QED) is 0.143. The van der Waals surface area contributed by atoms with Gasteiger partial charge in [-0.1, -0.05) is 91.0 Å². The molecule has 4 N–H and O–H groups in total. The van der Waals surface area contributed by atoms with Crippen molar-refractivity contribution in [2.45, 2.75) is 13.8 Å². The first-order valence-electron chi connectivity index (χ1n) is 17.4. The molecule has 0 spiro atoms. The standard InChI is InChI=1S/C46H34N4O2/c1-27-26-32(28(2)46(52)45(27)51)44-39-24-22-37(49-39)42(30-14-8-4-9-15-30)35-20-18-33(47-35)41(29-12-6-3-7-13-29)34-19-21-36(48-34)43(31-16-10-5-11-17-31)38-23-25-40(44)50-38/h3-26,47-50H,1-2H3/b41-33-,41-34?,42-35-,42-37?,43-36?,43-38-,44-39?,44-40-. The summed E-state index contributed by atoms with van der Waals surface area (Å²) in [6, 6.07) is 48.0. The zero-order valence-electron chi connectivity index (χ0n) is 28.7. The summed E-state index contributed by atoms with van der Waals surface area (Å²) in [6.45, 7) is 3.45.